The molecule has 3 heteroatoms. The number of nitrogens with zero attached hydrogens (tertiary/aromatic N) is 1. The maximum absolute atomic E-state index is 10.4. The van der Waals surface area contributed by atoms with E-state index in [4.69, 9.17) is 4.84 Å². The van der Waals surface area contributed by atoms with Crippen LogP contribution < -0.4 is 0 Å². The summed E-state index contributed by atoms with van der Waals surface area (Å²) in [5.41, 5.74) is 0.302. The average molecular weight is 155 g/mol. The summed E-state index contributed by atoms with van der Waals surface area (Å²) in [5, 5.41) is 3.73. The minimum Gasteiger partial charge on any atom is -0.389 e. The van der Waals surface area contributed by atoms with Crippen molar-refractivity contribution in [1.29, 1.82) is 0 Å². The maximum Gasteiger partial charge on any atom is 0.167 e. The van der Waals surface area contributed by atoms with E-state index in [1.807, 2.05) is 20.8 Å². The number of oxime groups is 1. The molecule has 0 saturated heterocycles. The van der Waals surface area contributed by atoms with Crippen LogP contribution >= 0.6 is 0 Å². The van der Waals surface area contributed by atoms with Gasteiger partial charge < -0.3 is 4.84 Å². The van der Waals surface area contributed by atoms with Gasteiger partial charge in [0.25, 0.3) is 0 Å². The molecule has 1 aliphatic rings. The van der Waals surface area contributed by atoms with Gasteiger partial charge >= 0.3 is 0 Å². The Kier molecular flexibility index (Phi) is 1.98. The van der Waals surface area contributed by atoms with E-state index in [0.29, 0.717) is 5.71 Å². The Morgan fingerprint density at radius 3 is 2.82 bits per heavy atom. The second-order valence-electron chi connectivity index (χ2n) is 3.59. The van der Waals surface area contributed by atoms with Crippen molar-refractivity contribution in [3.8, 4) is 0 Å². The van der Waals surface area contributed by atoms with E-state index >= 15 is 0 Å². The molecule has 1 aliphatic heterocycles. The predicted octanol–water partition coefficient (Wildman–Crippen LogP) is 1.38. The average Bonchev–Trinajstić information content (AvgIpc) is 1.86. The lowest BCUT2D eigenvalue weighted by molar-refractivity contribution is -0.104. The van der Waals surface area contributed by atoms with Crippen molar-refractivity contribution in [2.75, 3.05) is 0 Å². The number of aldehydes is 1. The molecule has 0 saturated carbocycles. The summed E-state index contributed by atoms with van der Waals surface area (Å²) in [6.45, 7) is 5.92. The molecule has 1 rings (SSSR count). The Balaban J connectivity index is 2.75. The van der Waals surface area contributed by atoms with Crippen molar-refractivity contribution in [2.24, 2.45) is 11.1 Å². The molecule has 0 radical (unpaired) electrons. The second kappa shape index (κ2) is 2.64. The van der Waals surface area contributed by atoms with Gasteiger partial charge in [-0.05, 0) is 20.3 Å². The quantitative estimate of drug-likeness (QED) is 0.536. The summed E-state index contributed by atoms with van der Waals surface area (Å²) in [7, 11) is 0. The van der Waals surface area contributed by atoms with Gasteiger partial charge in [0.2, 0.25) is 0 Å². The molecule has 1 atom stereocenters. The fraction of sp³-hybridized carbons (Fsp3) is 0.750. The number of rotatable bonds is 1. The highest BCUT2D eigenvalue weighted by Gasteiger charge is 2.30. The van der Waals surface area contributed by atoms with Gasteiger partial charge in [0.05, 0.1) is 0 Å². The minimum atomic E-state index is -0.216. The van der Waals surface area contributed by atoms with Gasteiger partial charge in [0.1, 0.15) is 11.3 Å². The van der Waals surface area contributed by atoms with Crippen molar-refractivity contribution in [3.63, 3.8) is 0 Å². The van der Waals surface area contributed by atoms with Gasteiger partial charge in [0.15, 0.2) is 6.29 Å². The summed E-state index contributed by atoms with van der Waals surface area (Å²) in [5.74, 6) is 0.219. The number of hydrogen-bond donors (Lipinski definition) is 0. The summed E-state index contributed by atoms with van der Waals surface area (Å²) < 4.78 is 0. The van der Waals surface area contributed by atoms with Crippen molar-refractivity contribution in [2.45, 2.75) is 32.8 Å². The summed E-state index contributed by atoms with van der Waals surface area (Å²) in [6.07, 6.45) is 1.62. The SMILES string of the molecule is CC1CC(C)(C)ON=C1C=O. The Morgan fingerprint density at radius 1 is 1.73 bits per heavy atom. The van der Waals surface area contributed by atoms with E-state index in [2.05, 4.69) is 5.16 Å². The van der Waals surface area contributed by atoms with E-state index in [-0.39, 0.29) is 11.5 Å². The molecule has 0 aliphatic carbocycles. The molecular weight excluding hydrogens is 142 g/mol. The third-order valence-electron chi connectivity index (χ3n) is 1.82. The molecular formula is C8H13NO2. The van der Waals surface area contributed by atoms with E-state index in [1.54, 1.807) is 0 Å². The Bertz CT molecular complexity index is 196. The molecule has 0 fully saturated rings. The van der Waals surface area contributed by atoms with Crippen LogP contribution in [0.25, 0.3) is 0 Å². The number of carbonyl (C=O) groups excluding carboxylic acids is 1. The highest BCUT2D eigenvalue weighted by atomic mass is 16.6. The molecule has 0 spiro atoms. The largest absolute Gasteiger partial charge is 0.389 e. The molecule has 0 N–H and O–H groups in total. The van der Waals surface area contributed by atoms with Crippen LogP contribution in [0.5, 0.6) is 0 Å². The van der Waals surface area contributed by atoms with Crippen LogP contribution in [-0.4, -0.2) is 17.6 Å². The topological polar surface area (TPSA) is 38.7 Å². The second-order valence-corrected chi connectivity index (χ2v) is 3.59. The van der Waals surface area contributed by atoms with Gasteiger partial charge in [-0.15, -0.1) is 0 Å². The van der Waals surface area contributed by atoms with Gasteiger partial charge in [-0.1, -0.05) is 12.1 Å². The summed E-state index contributed by atoms with van der Waals surface area (Å²) in [6, 6.07) is 0. The van der Waals surface area contributed by atoms with Gasteiger partial charge in [0, 0.05) is 5.92 Å². The van der Waals surface area contributed by atoms with Gasteiger partial charge in [-0.3, -0.25) is 4.79 Å². The normalized spacial score (nSPS) is 28.6. The predicted molar refractivity (Wildman–Crippen MR) is 42.4 cm³/mol. The van der Waals surface area contributed by atoms with Crippen LogP contribution in [0.2, 0.25) is 0 Å². The third kappa shape index (κ3) is 1.79. The lowest BCUT2D eigenvalue weighted by Crippen LogP contribution is -2.33. The highest BCUT2D eigenvalue weighted by Crippen LogP contribution is 2.25. The Labute approximate surface area is 66.4 Å². The van der Waals surface area contributed by atoms with E-state index in [9.17, 15) is 4.79 Å². The molecule has 0 aromatic rings. The van der Waals surface area contributed by atoms with Crippen molar-refractivity contribution in [1.82, 2.24) is 0 Å². The third-order valence-corrected chi connectivity index (χ3v) is 1.82. The Morgan fingerprint density at radius 2 is 2.36 bits per heavy atom. The molecule has 1 unspecified atom stereocenters. The monoisotopic (exact) mass is 155 g/mol. The number of hydrogen-bond acceptors (Lipinski definition) is 3. The van der Waals surface area contributed by atoms with E-state index in [0.717, 1.165) is 12.7 Å². The van der Waals surface area contributed by atoms with Crippen LogP contribution in [0, 0.1) is 5.92 Å². The van der Waals surface area contributed by atoms with Crippen LogP contribution in [0.1, 0.15) is 27.2 Å². The fourth-order valence-corrected chi connectivity index (χ4v) is 1.28. The van der Waals surface area contributed by atoms with Crippen LogP contribution in [0.15, 0.2) is 5.16 Å². The number of carbonyl (C=O) groups is 1. The van der Waals surface area contributed by atoms with Crippen LogP contribution in [0.4, 0.5) is 0 Å². The molecule has 11 heavy (non-hydrogen) atoms. The van der Waals surface area contributed by atoms with Gasteiger partial charge in [-0.25, -0.2) is 0 Å². The van der Waals surface area contributed by atoms with Crippen LogP contribution in [0.3, 0.4) is 0 Å². The maximum atomic E-state index is 10.4. The van der Waals surface area contributed by atoms with E-state index < -0.39 is 0 Å². The zero-order valence-corrected chi connectivity index (χ0v) is 7.13. The zero-order chi connectivity index (χ0) is 8.48. The van der Waals surface area contributed by atoms with Gasteiger partial charge in [-0.2, -0.15) is 0 Å². The lowest BCUT2D eigenvalue weighted by atomic mass is 9.91. The smallest absolute Gasteiger partial charge is 0.167 e. The summed E-state index contributed by atoms with van der Waals surface area (Å²) >= 11 is 0. The first-order valence-corrected chi connectivity index (χ1v) is 3.76. The lowest BCUT2D eigenvalue weighted by Gasteiger charge is -2.29. The summed E-state index contributed by atoms with van der Waals surface area (Å²) in [4.78, 5) is 15.5. The van der Waals surface area contributed by atoms with Crippen molar-refractivity contribution < 1.29 is 9.63 Å². The van der Waals surface area contributed by atoms with Crippen molar-refractivity contribution >= 4 is 12.0 Å². The molecule has 1 heterocycles. The van der Waals surface area contributed by atoms with Crippen LogP contribution in [-0.2, 0) is 9.63 Å². The molecule has 0 bridgehead atoms. The fourth-order valence-electron chi connectivity index (χ4n) is 1.28. The minimum absolute atomic E-state index is 0.216. The zero-order valence-electron chi connectivity index (χ0n) is 7.13. The standard InChI is InChI=1S/C8H13NO2/c1-6-4-8(2,3)11-9-7(6)5-10/h5-6H,4H2,1-3H3. The molecule has 62 valence electrons. The first-order valence-electron chi connectivity index (χ1n) is 3.76. The Hall–Kier alpha value is -0.860. The first kappa shape index (κ1) is 8.24. The molecule has 3 nitrogen and oxygen atoms in total. The molecule has 0 aromatic heterocycles. The highest BCUT2D eigenvalue weighted by molar-refractivity contribution is 6.29. The first-order chi connectivity index (χ1) is 5.05. The van der Waals surface area contributed by atoms with E-state index in [1.165, 1.54) is 0 Å². The molecule has 0 aromatic carbocycles. The molecule has 0 amide bonds. The van der Waals surface area contributed by atoms with Crippen molar-refractivity contribution in [3.05, 3.63) is 0 Å².